The van der Waals surface area contributed by atoms with Crippen LogP contribution in [0.5, 0.6) is 0 Å². The second-order valence-corrected chi connectivity index (χ2v) is 4.63. The predicted octanol–water partition coefficient (Wildman–Crippen LogP) is -0.313. The molecule has 0 amide bonds. The van der Waals surface area contributed by atoms with Gasteiger partial charge in [0.1, 0.15) is 6.04 Å². The molecule has 0 aliphatic rings. The maximum atomic E-state index is 11.3. The molecule has 0 fully saturated rings. The van der Waals surface area contributed by atoms with E-state index in [0.717, 1.165) is 6.07 Å². The molecule has 116 valence electrons. The summed E-state index contributed by atoms with van der Waals surface area (Å²) in [5.41, 5.74) is -1.55. The lowest BCUT2D eigenvalue weighted by atomic mass is 10.1. The minimum atomic E-state index is -1.10. The smallest absolute Gasteiger partial charge is 0.320 e. The zero-order chi connectivity index (χ0) is 16.4. The molecule has 0 unspecified atom stereocenters. The molecule has 1 aromatic carbocycles. The molecule has 1 heterocycles. The number of benzene rings is 1. The Kier molecular flexibility index (Phi) is 4.04. The summed E-state index contributed by atoms with van der Waals surface area (Å²) in [6.45, 7) is 1.31. The van der Waals surface area contributed by atoms with E-state index in [1.807, 2.05) is 0 Å². The molecule has 2 aromatic rings. The van der Waals surface area contributed by atoms with Crippen molar-refractivity contribution < 1.29 is 14.8 Å². The third-order valence-electron chi connectivity index (χ3n) is 3.09. The Bertz CT molecular complexity index is 868. The SMILES string of the molecule is C[C@H](NCc1cc2[nH]c(=O)c(=O)[nH]c2cc1[N+](=O)[O-])C(=O)O. The van der Waals surface area contributed by atoms with Crippen molar-refractivity contribution in [3.63, 3.8) is 0 Å². The number of carboxylic acid groups (broad SMARTS) is 1. The fourth-order valence-corrected chi connectivity index (χ4v) is 1.86. The van der Waals surface area contributed by atoms with Crippen molar-refractivity contribution in [2.75, 3.05) is 0 Å². The third-order valence-corrected chi connectivity index (χ3v) is 3.09. The molecular formula is C12H12N4O6. The first-order valence-electron chi connectivity index (χ1n) is 6.19. The summed E-state index contributed by atoms with van der Waals surface area (Å²) in [6, 6.07) is 1.55. The molecule has 0 saturated carbocycles. The maximum Gasteiger partial charge on any atom is 0.320 e. The van der Waals surface area contributed by atoms with E-state index < -0.39 is 28.1 Å². The van der Waals surface area contributed by atoms with E-state index in [-0.39, 0.29) is 28.8 Å². The van der Waals surface area contributed by atoms with Gasteiger partial charge < -0.3 is 20.4 Å². The van der Waals surface area contributed by atoms with Crippen molar-refractivity contribution in [1.82, 2.24) is 15.3 Å². The fourth-order valence-electron chi connectivity index (χ4n) is 1.86. The van der Waals surface area contributed by atoms with Gasteiger partial charge in [-0.15, -0.1) is 0 Å². The summed E-state index contributed by atoms with van der Waals surface area (Å²) in [5, 5.41) is 22.5. The Hall–Kier alpha value is -3.01. The molecule has 0 radical (unpaired) electrons. The first kappa shape index (κ1) is 15.4. The minimum Gasteiger partial charge on any atom is -0.480 e. The highest BCUT2D eigenvalue weighted by Gasteiger charge is 2.18. The van der Waals surface area contributed by atoms with Crippen LogP contribution in [0.1, 0.15) is 12.5 Å². The van der Waals surface area contributed by atoms with Crippen LogP contribution in [0.15, 0.2) is 21.7 Å². The standard InChI is InChI=1S/C12H12N4O6/c1-5(12(19)20)13-4-6-2-7-8(3-9(6)16(21)22)15-11(18)10(17)14-7/h2-3,5,13H,4H2,1H3,(H,14,17)(H,15,18)(H,19,20)/t5-/m0/s1. The molecule has 4 N–H and O–H groups in total. The molecule has 10 nitrogen and oxygen atoms in total. The summed E-state index contributed by atoms with van der Waals surface area (Å²) >= 11 is 0. The van der Waals surface area contributed by atoms with Crippen LogP contribution in [0.2, 0.25) is 0 Å². The van der Waals surface area contributed by atoms with Gasteiger partial charge in [0.25, 0.3) is 5.69 Å². The number of carboxylic acids is 1. The van der Waals surface area contributed by atoms with Gasteiger partial charge in [0.15, 0.2) is 0 Å². The van der Waals surface area contributed by atoms with Crippen molar-refractivity contribution in [2.24, 2.45) is 0 Å². The van der Waals surface area contributed by atoms with Crippen LogP contribution in [0.4, 0.5) is 5.69 Å². The zero-order valence-electron chi connectivity index (χ0n) is 11.4. The highest BCUT2D eigenvalue weighted by molar-refractivity contribution is 5.78. The van der Waals surface area contributed by atoms with Gasteiger partial charge in [-0.05, 0) is 13.0 Å². The molecular weight excluding hydrogens is 296 g/mol. The number of nitro groups is 1. The van der Waals surface area contributed by atoms with E-state index in [0.29, 0.717) is 0 Å². The van der Waals surface area contributed by atoms with Crippen molar-refractivity contribution >= 4 is 22.7 Å². The Morgan fingerprint density at radius 2 is 1.86 bits per heavy atom. The number of aliphatic carboxylic acids is 1. The lowest BCUT2D eigenvalue weighted by Gasteiger charge is -2.10. The van der Waals surface area contributed by atoms with Crippen LogP contribution < -0.4 is 16.4 Å². The second kappa shape index (κ2) is 5.77. The average molecular weight is 308 g/mol. The van der Waals surface area contributed by atoms with Crippen LogP contribution in [-0.2, 0) is 11.3 Å². The van der Waals surface area contributed by atoms with Gasteiger partial charge in [0.2, 0.25) is 0 Å². The summed E-state index contributed by atoms with van der Waals surface area (Å²) in [4.78, 5) is 48.3. The number of hydrogen-bond donors (Lipinski definition) is 4. The quantitative estimate of drug-likeness (QED) is 0.335. The number of aromatic amines is 2. The molecule has 1 aromatic heterocycles. The van der Waals surface area contributed by atoms with Gasteiger partial charge in [0.05, 0.1) is 16.0 Å². The van der Waals surface area contributed by atoms with Crippen LogP contribution in [0.3, 0.4) is 0 Å². The van der Waals surface area contributed by atoms with Crippen molar-refractivity contribution in [2.45, 2.75) is 19.5 Å². The van der Waals surface area contributed by atoms with Gasteiger partial charge in [-0.2, -0.15) is 0 Å². The lowest BCUT2D eigenvalue weighted by molar-refractivity contribution is -0.385. The molecule has 0 saturated heterocycles. The molecule has 1 atom stereocenters. The van der Waals surface area contributed by atoms with Crippen LogP contribution in [0.25, 0.3) is 11.0 Å². The van der Waals surface area contributed by atoms with Gasteiger partial charge in [0, 0.05) is 18.2 Å². The number of fused-ring (bicyclic) bond motifs is 1. The largest absolute Gasteiger partial charge is 0.480 e. The fraction of sp³-hybridized carbons (Fsp3) is 0.250. The van der Waals surface area contributed by atoms with E-state index in [2.05, 4.69) is 15.3 Å². The molecule has 2 rings (SSSR count). The number of nitrogens with zero attached hydrogens (tertiary/aromatic N) is 1. The van der Waals surface area contributed by atoms with Crippen molar-refractivity contribution in [3.05, 3.63) is 48.5 Å². The highest BCUT2D eigenvalue weighted by Crippen LogP contribution is 2.22. The highest BCUT2D eigenvalue weighted by atomic mass is 16.6. The van der Waals surface area contributed by atoms with E-state index in [4.69, 9.17) is 5.11 Å². The second-order valence-electron chi connectivity index (χ2n) is 4.63. The number of nitro benzene ring substituents is 1. The predicted molar refractivity (Wildman–Crippen MR) is 75.8 cm³/mol. The van der Waals surface area contributed by atoms with Gasteiger partial charge >= 0.3 is 17.1 Å². The summed E-state index contributed by atoms with van der Waals surface area (Å²) in [7, 11) is 0. The number of rotatable bonds is 5. The summed E-state index contributed by atoms with van der Waals surface area (Å²) in [5.74, 6) is -1.10. The zero-order valence-corrected chi connectivity index (χ0v) is 11.4. The first-order valence-corrected chi connectivity index (χ1v) is 6.19. The molecule has 22 heavy (non-hydrogen) atoms. The van der Waals surface area contributed by atoms with Gasteiger partial charge in [-0.1, -0.05) is 0 Å². The van der Waals surface area contributed by atoms with Crippen LogP contribution in [0, 0.1) is 10.1 Å². The normalized spacial score (nSPS) is 12.2. The number of hydrogen-bond acceptors (Lipinski definition) is 6. The van der Waals surface area contributed by atoms with E-state index >= 15 is 0 Å². The topological polar surface area (TPSA) is 158 Å². The van der Waals surface area contributed by atoms with Crippen molar-refractivity contribution in [1.29, 1.82) is 0 Å². The summed E-state index contributed by atoms with van der Waals surface area (Å²) in [6.07, 6.45) is 0. The minimum absolute atomic E-state index is 0.0825. The number of H-pyrrole nitrogens is 2. The lowest BCUT2D eigenvalue weighted by Crippen LogP contribution is -2.33. The summed E-state index contributed by atoms with van der Waals surface area (Å²) < 4.78 is 0. The number of nitrogens with one attached hydrogen (secondary N) is 3. The Morgan fingerprint density at radius 1 is 1.32 bits per heavy atom. The first-order chi connectivity index (χ1) is 10.3. The maximum absolute atomic E-state index is 11.3. The molecule has 0 aliphatic carbocycles. The number of aromatic nitrogens is 2. The van der Waals surface area contributed by atoms with Crippen molar-refractivity contribution in [3.8, 4) is 0 Å². The third kappa shape index (κ3) is 3.01. The molecule has 10 heteroatoms. The number of carbonyl (C=O) groups is 1. The average Bonchev–Trinajstić information content (AvgIpc) is 2.45. The molecule has 0 spiro atoms. The molecule has 0 aliphatic heterocycles. The van der Waals surface area contributed by atoms with Crippen LogP contribution >= 0.6 is 0 Å². The van der Waals surface area contributed by atoms with E-state index in [1.165, 1.54) is 13.0 Å². The Morgan fingerprint density at radius 3 is 2.36 bits per heavy atom. The van der Waals surface area contributed by atoms with Gasteiger partial charge in [-0.3, -0.25) is 24.5 Å². The Balaban J connectivity index is 2.51. The van der Waals surface area contributed by atoms with Gasteiger partial charge in [-0.25, -0.2) is 0 Å². The molecule has 0 bridgehead atoms. The monoisotopic (exact) mass is 308 g/mol. The Labute approximate surface area is 121 Å². The van der Waals surface area contributed by atoms with E-state index in [9.17, 15) is 24.5 Å². The van der Waals surface area contributed by atoms with Crippen LogP contribution in [-0.4, -0.2) is 32.0 Å². The van der Waals surface area contributed by atoms with E-state index in [1.54, 1.807) is 0 Å².